The van der Waals surface area contributed by atoms with Crippen molar-refractivity contribution in [1.82, 2.24) is 10.9 Å². The summed E-state index contributed by atoms with van der Waals surface area (Å²) < 4.78 is 8.79. The van der Waals surface area contributed by atoms with Crippen molar-refractivity contribution in [3.63, 3.8) is 0 Å². The van der Waals surface area contributed by atoms with Gasteiger partial charge in [0.2, 0.25) is 0 Å². The van der Waals surface area contributed by atoms with Gasteiger partial charge in [0.25, 0.3) is 0 Å². The van der Waals surface area contributed by atoms with Crippen molar-refractivity contribution in [3.8, 4) is 0 Å². The van der Waals surface area contributed by atoms with Crippen LogP contribution in [0.4, 0.5) is 4.79 Å². The second kappa shape index (κ2) is 6.90. The van der Waals surface area contributed by atoms with Gasteiger partial charge in [0.15, 0.2) is 0 Å². The van der Waals surface area contributed by atoms with E-state index in [0.717, 1.165) is 6.26 Å². The van der Waals surface area contributed by atoms with Crippen LogP contribution >= 0.6 is 0 Å². The lowest BCUT2D eigenvalue weighted by Crippen LogP contribution is -2.43. The number of amides is 1. The van der Waals surface area contributed by atoms with Crippen molar-refractivity contribution >= 4 is 12.1 Å². The number of carbonyl (C=O) groups excluding carboxylic acids is 2. The van der Waals surface area contributed by atoms with E-state index in [1.165, 1.54) is 7.11 Å². The molecule has 1 unspecified atom stereocenters. The maximum Gasteiger partial charge on any atom is 0.421 e. The van der Waals surface area contributed by atoms with Crippen molar-refractivity contribution in [2.75, 3.05) is 7.11 Å². The summed E-state index contributed by atoms with van der Waals surface area (Å²) in [5, 5.41) is 0. The zero-order valence-corrected chi connectivity index (χ0v) is 8.20. The van der Waals surface area contributed by atoms with Gasteiger partial charge in [-0.05, 0) is 6.92 Å². The maximum atomic E-state index is 10.9. The quantitative estimate of drug-likeness (QED) is 0.381. The number of nitrogens with one attached hydrogen (secondary N) is 2. The smallest absolute Gasteiger partial charge is 0.421 e. The predicted molar refractivity (Wildman–Crippen MR) is 49.0 cm³/mol. The Labute approximate surface area is 82.2 Å². The topological polar surface area (TPSA) is 76.7 Å². The summed E-state index contributed by atoms with van der Waals surface area (Å²) in [4.78, 5) is 21.5. The number of rotatable bonds is 5. The van der Waals surface area contributed by atoms with Gasteiger partial charge in [0.05, 0.1) is 19.8 Å². The second-order valence-electron chi connectivity index (χ2n) is 2.52. The molecule has 0 aliphatic heterocycles. The SMILES string of the molecule is C=COC(=O)CC(C)NNC(=O)OC. The molecule has 0 aromatic heterocycles. The molecule has 0 aromatic rings. The van der Waals surface area contributed by atoms with E-state index in [-0.39, 0.29) is 12.5 Å². The van der Waals surface area contributed by atoms with E-state index in [9.17, 15) is 9.59 Å². The minimum Gasteiger partial charge on any atom is -0.452 e. The van der Waals surface area contributed by atoms with Gasteiger partial charge in [-0.15, -0.1) is 0 Å². The van der Waals surface area contributed by atoms with Gasteiger partial charge in [-0.1, -0.05) is 6.58 Å². The summed E-state index contributed by atoms with van der Waals surface area (Å²) in [6.07, 6.45) is 0.563. The third-order valence-electron chi connectivity index (χ3n) is 1.29. The number of ether oxygens (including phenoxy) is 2. The molecule has 6 nitrogen and oxygen atoms in total. The molecular weight excluding hydrogens is 188 g/mol. The normalized spacial score (nSPS) is 11.3. The van der Waals surface area contributed by atoms with E-state index in [1.54, 1.807) is 6.92 Å². The van der Waals surface area contributed by atoms with Gasteiger partial charge in [0.1, 0.15) is 0 Å². The molecule has 1 atom stereocenters. The average molecular weight is 202 g/mol. The van der Waals surface area contributed by atoms with E-state index in [1.807, 2.05) is 0 Å². The molecule has 0 saturated heterocycles. The van der Waals surface area contributed by atoms with E-state index >= 15 is 0 Å². The van der Waals surface area contributed by atoms with E-state index < -0.39 is 12.1 Å². The van der Waals surface area contributed by atoms with E-state index in [0.29, 0.717) is 0 Å². The van der Waals surface area contributed by atoms with Crippen LogP contribution in [0.5, 0.6) is 0 Å². The Morgan fingerprint density at radius 3 is 2.71 bits per heavy atom. The summed E-state index contributed by atoms with van der Waals surface area (Å²) in [7, 11) is 1.24. The second-order valence-corrected chi connectivity index (χ2v) is 2.52. The predicted octanol–water partition coefficient (Wildman–Crippen LogP) is 0.312. The van der Waals surface area contributed by atoms with Gasteiger partial charge in [0, 0.05) is 6.04 Å². The molecule has 0 fully saturated rings. The van der Waals surface area contributed by atoms with Crippen LogP contribution in [0.3, 0.4) is 0 Å². The molecule has 6 heteroatoms. The Morgan fingerprint density at radius 2 is 2.21 bits per heavy atom. The number of methoxy groups -OCH3 is 1. The molecule has 0 radical (unpaired) electrons. The van der Waals surface area contributed by atoms with E-state index in [2.05, 4.69) is 26.9 Å². The van der Waals surface area contributed by atoms with Crippen LogP contribution in [-0.4, -0.2) is 25.2 Å². The van der Waals surface area contributed by atoms with Gasteiger partial charge in [-0.3, -0.25) is 10.2 Å². The van der Waals surface area contributed by atoms with Crippen molar-refractivity contribution in [2.24, 2.45) is 0 Å². The van der Waals surface area contributed by atoms with Gasteiger partial charge < -0.3 is 9.47 Å². The first-order chi connectivity index (χ1) is 6.60. The fraction of sp³-hybridized carbons (Fsp3) is 0.500. The lowest BCUT2D eigenvalue weighted by atomic mass is 10.2. The average Bonchev–Trinajstić information content (AvgIpc) is 2.14. The summed E-state index contributed by atoms with van der Waals surface area (Å²) in [6, 6.07) is -0.249. The highest BCUT2D eigenvalue weighted by Gasteiger charge is 2.09. The van der Waals surface area contributed by atoms with Crippen LogP contribution in [0, 0.1) is 0 Å². The highest BCUT2D eigenvalue weighted by Crippen LogP contribution is 1.92. The van der Waals surface area contributed by atoms with Crippen molar-refractivity contribution in [3.05, 3.63) is 12.8 Å². The van der Waals surface area contributed by atoms with Crippen LogP contribution in [-0.2, 0) is 14.3 Å². The molecule has 0 aliphatic carbocycles. The Hall–Kier alpha value is -1.56. The highest BCUT2D eigenvalue weighted by molar-refractivity contribution is 5.70. The molecule has 0 aliphatic rings. The Balaban J connectivity index is 3.64. The Kier molecular flexibility index (Phi) is 6.13. The van der Waals surface area contributed by atoms with Gasteiger partial charge >= 0.3 is 12.1 Å². The first-order valence-corrected chi connectivity index (χ1v) is 4.00. The van der Waals surface area contributed by atoms with Crippen LogP contribution < -0.4 is 10.9 Å². The van der Waals surface area contributed by atoms with Crippen LogP contribution in [0.25, 0.3) is 0 Å². The third kappa shape index (κ3) is 6.01. The molecule has 0 saturated carbocycles. The first kappa shape index (κ1) is 12.4. The fourth-order valence-electron chi connectivity index (χ4n) is 0.675. The fourth-order valence-corrected chi connectivity index (χ4v) is 0.675. The van der Waals surface area contributed by atoms with Crippen LogP contribution in [0.15, 0.2) is 12.8 Å². The van der Waals surface area contributed by atoms with Gasteiger partial charge in [-0.25, -0.2) is 10.2 Å². The molecule has 0 bridgehead atoms. The minimum absolute atomic E-state index is 0.121. The highest BCUT2D eigenvalue weighted by atomic mass is 16.5. The van der Waals surface area contributed by atoms with Gasteiger partial charge in [-0.2, -0.15) is 0 Å². The van der Waals surface area contributed by atoms with Crippen molar-refractivity contribution in [1.29, 1.82) is 0 Å². The lowest BCUT2D eigenvalue weighted by Gasteiger charge is -2.12. The Morgan fingerprint density at radius 1 is 1.57 bits per heavy atom. The summed E-state index contributed by atoms with van der Waals surface area (Å²) >= 11 is 0. The zero-order chi connectivity index (χ0) is 11.0. The maximum absolute atomic E-state index is 10.9. The summed E-state index contributed by atoms with van der Waals surface area (Å²) in [5.74, 6) is -0.424. The molecule has 80 valence electrons. The number of hydrazine groups is 1. The number of hydrogen-bond acceptors (Lipinski definition) is 5. The minimum atomic E-state index is -0.617. The van der Waals surface area contributed by atoms with E-state index in [4.69, 9.17) is 0 Å². The van der Waals surface area contributed by atoms with Crippen molar-refractivity contribution < 1.29 is 19.1 Å². The molecule has 14 heavy (non-hydrogen) atoms. The first-order valence-electron chi connectivity index (χ1n) is 4.00. The molecule has 0 heterocycles. The largest absolute Gasteiger partial charge is 0.452 e. The Bertz CT molecular complexity index is 217. The number of carbonyl (C=O) groups is 2. The standard InChI is InChI=1S/C8H14N2O4/c1-4-14-7(11)5-6(2)9-10-8(12)13-3/h4,6,9H,1,5H2,2-3H3,(H,10,12). The molecule has 0 spiro atoms. The van der Waals surface area contributed by atoms with Crippen LogP contribution in [0.2, 0.25) is 0 Å². The molecule has 1 amide bonds. The molecule has 2 N–H and O–H groups in total. The number of hydrogen-bond donors (Lipinski definition) is 2. The summed E-state index contributed by atoms with van der Waals surface area (Å²) in [5.41, 5.74) is 4.80. The number of esters is 1. The summed E-state index contributed by atoms with van der Waals surface area (Å²) in [6.45, 7) is 4.95. The molecule has 0 rings (SSSR count). The van der Waals surface area contributed by atoms with Crippen LogP contribution in [0.1, 0.15) is 13.3 Å². The lowest BCUT2D eigenvalue weighted by molar-refractivity contribution is -0.138. The zero-order valence-electron chi connectivity index (χ0n) is 8.20. The monoisotopic (exact) mass is 202 g/mol. The van der Waals surface area contributed by atoms with Crippen molar-refractivity contribution in [2.45, 2.75) is 19.4 Å². The third-order valence-corrected chi connectivity index (χ3v) is 1.29. The molecular formula is C8H14N2O4. The molecule has 0 aromatic carbocycles.